The summed E-state index contributed by atoms with van der Waals surface area (Å²) in [5.41, 5.74) is 11.6. The van der Waals surface area contributed by atoms with Gasteiger partial charge in [-0.2, -0.15) is 0 Å². The first kappa shape index (κ1) is 11.8. The molecule has 0 aliphatic rings. The van der Waals surface area contributed by atoms with Gasteiger partial charge in [-0.05, 0) is 32.0 Å². The Labute approximate surface area is 79.7 Å². The van der Waals surface area contributed by atoms with E-state index in [0.717, 1.165) is 6.42 Å². The van der Waals surface area contributed by atoms with Crippen LogP contribution in [0.3, 0.4) is 0 Å². The van der Waals surface area contributed by atoms with E-state index in [4.69, 9.17) is 16.2 Å². The van der Waals surface area contributed by atoms with Crippen LogP contribution in [0.2, 0.25) is 0 Å². The molecular weight excluding hydrogens is 164 g/mol. The van der Waals surface area contributed by atoms with Crippen LogP contribution in [0.25, 0.3) is 0 Å². The number of rotatable bonds is 6. The van der Waals surface area contributed by atoms with Crippen molar-refractivity contribution < 1.29 is 4.74 Å². The standard InChI is InChI=1S/C10H18N2O/c1-3-6-9(12)10(4-2)13-8-5-7-11/h3-4,6H,1,5,7-8,11-12H2,2H3/b9-6+,10-4+. The SMILES string of the molecule is C=C/C=C(N)\C(=C/C)OCCCN. The van der Waals surface area contributed by atoms with E-state index < -0.39 is 0 Å². The number of allylic oxidation sites excluding steroid dienone is 3. The van der Waals surface area contributed by atoms with Crippen molar-refractivity contribution in [1.29, 1.82) is 0 Å². The summed E-state index contributed by atoms with van der Waals surface area (Å²) in [7, 11) is 0. The molecule has 0 aromatic heterocycles. The zero-order chi connectivity index (χ0) is 10.1. The lowest BCUT2D eigenvalue weighted by molar-refractivity contribution is 0.216. The van der Waals surface area contributed by atoms with E-state index in [2.05, 4.69) is 6.58 Å². The van der Waals surface area contributed by atoms with Crippen molar-refractivity contribution in [2.45, 2.75) is 13.3 Å². The van der Waals surface area contributed by atoms with Crippen LogP contribution in [0.4, 0.5) is 0 Å². The average molecular weight is 182 g/mol. The molecule has 0 heterocycles. The summed E-state index contributed by atoms with van der Waals surface area (Å²) in [5.74, 6) is 0.688. The van der Waals surface area contributed by atoms with Gasteiger partial charge in [0.1, 0.15) is 5.76 Å². The van der Waals surface area contributed by atoms with Crippen LogP contribution >= 0.6 is 0 Å². The lowest BCUT2D eigenvalue weighted by Crippen LogP contribution is -2.08. The molecule has 4 N–H and O–H groups in total. The minimum Gasteiger partial charge on any atom is -0.492 e. The molecule has 0 radical (unpaired) electrons. The molecule has 0 rings (SSSR count). The Morgan fingerprint density at radius 3 is 2.69 bits per heavy atom. The summed E-state index contributed by atoms with van der Waals surface area (Å²) < 4.78 is 5.39. The highest BCUT2D eigenvalue weighted by Gasteiger charge is 1.98. The minimum atomic E-state index is 0.592. The topological polar surface area (TPSA) is 61.3 Å². The average Bonchev–Trinajstić information content (AvgIpc) is 2.13. The van der Waals surface area contributed by atoms with Crippen molar-refractivity contribution in [3.63, 3.8) is 0 Å². The van der Waals surface area contributed by atoms with Gasteiger partial charge in [-0.25, -0.2) is 0 Å². The molecule has 13 heavy (non-hydrogen) atoms. The van der Waals surface area contributed by atoms with Gasteiger partial charge in [0.2, 0.25) is 0 Å². The smallest absolute Gasteiger partial charge is 0.137 e. The monoisotopic (exact) mass is 182 g/mol. The predicted molar refractivity (Wildman–Crippen MR) is 55.8 cm³/mol. The van der Waals surface area contributed by atoms with Crippen LogP contribution in [0, 0.1) is 0 Å². The molecular formula is C10H18N2O. The van der Waals surface area contributed by atoms with Crippen molar-refractivity contribution in [1.82, 2.24) is 0 Å². The first-order chi connectivity index (χ1) is 6.26. The summed E-state index contributed by atoms with van der Waals surface area (Å²) in [6.07, 6.45) is 5.99. The third-order valence-corrected chi connectivity index (χ3v) is 1.45. The van der Waals surface area contributed by atoms with Crippen LogP contribution in [0.5, 0.6) is 0 Å². The molecule has 0 saturated carbocycles. The Bertz CT molecular complexity index is 207. The highest BCUT2D eigenvalue weighted by Crippen LogP contribution is 2.06. The van der Waals surface area contributed by atoms with Crippen molar-refractivity contribution in [2.24, 2.45) is 11.5 Å². The molecule has 0 unspecified atom stereocenters. The summed E-state index contributed by atoms with van der Waals surface area (Å²) in [6.45, 7) is 6.66. The molecule has 0 fully saturated rings. The third-order valence-electron chi connectivity index (χ3n) is 1.45. The van der Waals surface area contributed by atoms with E-state index in [0.29, 0.717) is 24.6 Å². The Morgan fingerprint density at radius 2 is 2.23 bits per heavy atom. The Hall–Kier alpha value is -1.22. The van der Waals surface area contributed by atoms with Crippen LogP contribution in [-0.2, 0) is 4.74 Å². The fourth-order valence-corrected chi connectivity index (χ4v) is 0.808. The maximum atomic E-state index is 5.69. The fourth-order valence-electron chi connectivity index (χ4n) is 0.808. The summed E-state index contributed by atoms with van der Waals surface area (Å²) in [4.78, 5) is 0. The molecule has 3 nitrogen and oxygen atoms in total. The molecule has 0 aliphatic heterocycles. The normalized spacial score (nSPS) is 12.8. The lowest BCUT2D eigenvalue weighted by Gasteiger charge is -2.09. The molecule has 0 amide bonds. The van der Waals surface area contributed by atoms with E-state index in [1.807, 2.05) is 13.0 Å². The van der Waals surface area contributed by atoms with Gasteiger partial charge in [0.25, 0.3) is 0 Å². The highest BCUT2D eigenvalue weighted by atomic mass is 16.5. The molecule has 74 valence electrons. The lowest BCUT2D eigenvalue weighted by atomic mass is 10.3. The zero-order valence-corrected chi connectivity index (χ0v) is 8.12. The van der Waals surface area contributed by atoms with Crippen molar-refractivity contribution in [3.8, 4) is 0 Å². The molecule has 0 aromatic carbocycles. The van der Waals surface area contributed by atoms with Gasteiger partial charge in [0.05, 0.1) is 12.3 Å². The molecule has 0 aromatic rings. The predicted octanol–water partition coefficient (Wildman–Crippen LogP) is 1.28. The Kier molecular flexibility index (Phi) is 6.73. The van der Waals surface area contributed by atoms with Gasteiger partial charge in [0, 0.05) is 0 Å². The largest absolute Gasteiger partial charge is 0.492 e. The van der Waals surface area contributed by atoms with Crippen LogP contribution in [0.1, 0.15) is 13.3 Å². The molecule has 0 bridgehead atoms. The maximum absolute atomic E-state index is 5.69. The van der Waals surface area contributed by atoms with E-state index in [1.165, 1.54) is 0 Å². The number of ether oxygens (including phenoxy) is 1. The van der Waals surface area contributed by atoms with Gasteiger partial charge < -0.3 is 16.2 Å². The van der Waals surface area contributed by atoms with E-state index in [-0.39, 0.29) is 0 Å². The molecule has 0 atom stereocenters. The molecule has 0 spiro atoms. The maximum Gasteiger partial charge on any atom is 0.137 e. The van der Waals surface area contributed by atoms with Gasteiger partial charge in [-0.15, -0.1) is 0 Å². The van der Waals surface area contributed by atoms with Crippen molar-refractivity contribution >= 4 is 0 Å². The minimum absolute atomic E-state index is 0.592. The second-order valence-electron chi connectivity index (χ2n) is 2.50. The first-order valence-electron chi connectivity index (χ1n) is 4.34. The Morgan fingerprint density at radius 1 is 1.54 bits per heavy atom. The fraction of sp³-hybridized carbons (Fsp3) is 0.400. The number of nitrogens with two attached hydrogens (primary N) is 2. The van der Waals surface area contributed by atoms with E-state index in [9.17, 15) is 0 Å². The van der Waals surface area contributed by atoms with E-state index in [1.54, 1.807) is 12.2 Å². The quantitative estimate of drug-likeness (QED) is 0.369. The van der Waals surface area contributed by atoms with Gasteiger partial charge in [0.15, 0.2) is 0 Å². The van der Waals surface area contributed by atoms with Crippen LogP contribution in [-0.4, -0.2) is 13.2 Å². The highest BCUT2D eigenvalue weighted by molar-refractivity contribution is 5.25. The van der Waals surface area contributed by atoms with Gasteiger partial charge in [-0.3, -0.25) is 0 Å². The summed E-state index contributed by atoms with van der Waals surface area (Å²) in [6, 6.07) is 0. The zero-order valence-electron chi connectivity index (χ0n) is 8.12. The van der Waals surface area contributed by atoms with Gasteiger partial charge in [-0.1, -0.05) is 12.7 Å². The second-order valence-corrected chi connectivity index (χ2v) is 2.50. The molecule has 0 aliphatic carbocycles. The number of hydrogen-bond donors (Lipinski definition) is 2. The van der Waals surface area contributed by atoms with E-state index >= 15 is 0 Å². The summed E-state index contributed by atoms with van der Waals surface area (Å²) in [5, 5.41) is 0. The second kappa shape index (κ2) is 7.43. The molecule has 0 saturated heterocycles. The van der Waals surface area contributed by atoms with Crippen LogP contribution < -0.4 is 11.5 Å². The van der Waals surface area contributed by atoms with Gasteiger partial charge >= 0.3 is 0 Å². The van der Waals surface area contributed by atoms with Crippen molar-refractivity contribution in [2.75, 3.05) is 13.2 Å². The third kappa shape index (κ3) is 5.09. The first-order valence-corrected chi connectivity index (χ1v) is 4.34. The van der Waals surface area contributed by atoms with Crippen molar-refractivity contribution in [3.05, 3.63) is 36.3 Å². The van der Waals surface area contributed by atoms with Crippen LogP contribution in [0.15, 0.2) is 36.3 Å². The molecule has 3 heteroatoms. The Balaban J connectivity index is 4.04. The number of hydrogen-bond acceptors (Lipinski definition) is 3. The summed E-state index contributed by atoms with van der Waals surface area (Å²) >= 11 is 0.